The Morgan fingerprint density at radius 3 is 2.36 bits per heavy atom. The molecular weight excluding hydrogens is 181 g/mol. The Labute approximate surface area is 84.0 Å². The molecule has 1 heterocycles. The molecule has 2 nitrogen and oxygen atoms in total. The standard InChI is InChI=1S/C11H16FNO/c1-8(11(2,3)4)10-6-5-9(12)7-13(10)14/h5-8H,1-4H3/t8-/m1/s1. The molecule has 0 unspecified atom stereocenters. The molecule has 1 aromatic heterocycles. The lowest BCUT2D eigenvalue weighted by Gasteiger charge is -2.25. The molecule has 0 N–H and O–H groups in total. The van der Waals surface area contributed by atoms with Gasteiger partial charge in [-0.25, -0.2) is 4.39 Å². The van der Waals surface area contributed by atoms with Gasteiger partial charge in [-0.1, -0.05) is 27.7 Å². The highest BCUT2D eigenvalue weighted by molar-refractivity contribution is 5.07. The average Bonchev–Trinajstić information content (AvgIpc) is 2.01. The first-order chi connectivity index (χ1) is 6.32. The zero-order valence-corrected chi connectivity index (χ0v) is 9.04. The Morgan fingerprint density at radius 2 is 1.93 bits per heavy atom. The van der Waals surface area contributed by atoms with Crippen molar-refractivity contribution in [1.82, 2.24) is 0 Å². The summed E-state index contributed by atoms with van der Waals surface area (Å²) in [5.41, 5.74) is 0.614. The van der Waals surface area contributed by atoms with Gasteiger partial charge in [-0.15, -0.1) is 0 Å². The number of hydrogen-bond donors (Lipinski definition) is 0. The van der Waals surface area contributed by atoms with Gasteiger partial charge in [0.05, 0.1) is 0 Å². The monoisotopic (exact) mass is 197 g/mol. The van der Waals surface area contributed by atoms with E-state index in [1.54, 1.807) is 6.07 Å². The molecule has 0 amide bonds. The molecule has 1 atom stereocenters. The highest BCUT2D eigenvalue weighted by Gasteiger charge is 2.27. The molecule has 1 rings (SSSR count). The molecule has 0 saturated carbocycles. The largest absolute Gasteiger partial charge is 0.618 e. The maximum absolute atomic E-state index is 12.7. The zero-order chi connectivity index (χ0) is 10.9. The van der Waals surface area contributed by atoms with Gasteiger partial charge in [0.15, 0.2) is 11.5 Å². The molecule has 0 radical (unpaired) electrons. The van der Waals surface area contributed by atoms with E-state index in [1.165, 1.54) is 6.07 Å². The SMILES string of the molecule is C[C@H](c1ccc(F)c[n+]1[O-])C(C)(C)C. The first-order valence-corrected chi connectivity index (χ1v) is 4.71. The highest BCUT2D eigenvalue weighted by Crippen LogP contribution is 2.32. The Hall–Kier alpha value is -1.12. The van der Waals surface area contributed by atoms with Gasteiger partial charge in [0.1, 0.15) is 0 Å². The van der Waals surface area contributed by atoms with Crippen LogP contribution in [0.1, 0.15) is 39.3 Å². The Balaban J connectivity index is 3.08. The van der Waals surface area contributed by atoms with Crippen LogP contribution in [0.3, 0.4) is 0 Å². The molecule has 0 spiro atoms. The fourth-order valence-electron chi connectivity index (χ4n) is 1.25. The lowest BCUT2D eigenvalue weighted by Crippen LogP contribution is -2.36. The predicted molar refractivity (Wildman–Crippen MR) is 53.2 cm³/mol. The van der Waals surface area contributed by atoms with Gasteiger partial charge in [-0.3, -0.25) is 0 Å². The second-order valence-electron chi connectivity index (χ2n) is 4.69. The van der Waals surface area contributed by atoms with E-state index < -0.39 is 5.82 Å². The molecule has 0 aliphatic carbocycles. The van der Waals surface area contributed by atoms with Crippen LogP contribution in [0.25, 0.3) is 0 Å². The zero-order valence-electron chi connectivity index (χ0n) is 9.04. The number of aromatic nitrogens is 1. The molecule has 0 aromatic carbocycles. The van der Waals surface area contributed by atoms with Crippen molar-refractivity contribution in [2.75, 3.05) is 0 Å². The topological polar surface area (TPSA) is 26.9 Å². The van der Waals surface area contributed by atoms with Crippen LogP contribution in [0.15, 0.2) is 18.3 Å². The minimum Gasteiger partial charge on any atom is -0.618 e. The van der Waals surface area contributed by atoms with E-state index in [1.807, 2.05) is 6.92 Å². The summed E-state index contributed by atoms with van der Waals surface area (Å²) in [6.45, 7) is 8.14. The molecule has 1 aromatic rings. The first-order valence-electron chi connectivity index (χ1n) is 4.71. The van der Waals surface area contributed by atoms with Crippen molar-refractivity contribution < 1.29 is 9.12 Å². The van der Waals surface area contributed by atoms with E-state index in [0.29, 0.717) is 10.4 Å². The van der Waals surface area contributed by atoms with Gasteiger partial charge >= 0.3 is 0 Å². The third-order valence-corrected chi connectivity index (χ3v) is 2.65. The number of nitrogens with zero attached hydrogens (tertiary/aromatic N) is 1. The summed E-state index contributed by atoms with van der Waals surface area (Å²) in [4.78, 5) is 0. The third kappa shape index (κ3) is 2.22. The Kier molecular flexibility index (Phi) is 2.79. The van der Waals surface area contributed by atoms with E-state index in [4.69, 9.17) is 0 Å². The molecule has 0 aliphatic heterocycles. The van der Waals surface area contributed by atoms with Crippen molar-refractivity contribution in [2.45, 2.75) is 33.6 Å². The summed E-state index contributed by atoms with van der Waals surface area (Å²) in [6, 6.07) is 2.88. The second-order valence-corrected chi connectivity index (χ2v) is 4.69. The van der Waals surface area contributed by atoms with Gasteiger partial charge in [0.2, 0.25) is 6.20 Å². The molecule has 3 heteroatoms. The molecule has 0 saturated heterocycles. The van der Waals surface area contributed by atoms with E-state index in [0.717, 1.165) is 6.20 Å². The van der Waals surface area contributed by atoms with Crippen LogP contribution < -0.4 is 4.73 Å². The summed E-state index contributed by atoms with van der Waals surface area (Å²) in [5, 5.41) is 11.4. The molecule has 0 fully saturated rings. The van der Waals surface area contributed by atoms with E-state index in [-0.39, 0.29) is 11.3 Å². The lowest BCUT2D eigenvalue weighted by molar-refractivity contribution is -0.618. The van der Waals surface area contributed by atoms with E-state index >= 15 is 0 Å². The molecule has 14 heavy (non-hydrogen) atoms. The third-order valence-electron chi connectivity index (χ3n) is 2.65. The molecular formula is C11H16FNO. The van der Waals surface area contributed by atoms with Crippen molar-refractivity contribution in [2.24, 2.45) is 5.41 Å². The summed E-state index contributed by atoms with van der Waals surface area (Å²) in [5.74, 6) is -0.398. The summed E-state index contributed by atoms with van der Waals surface area (Å²) >= 11 is 0. The number of rotatable bonds is 1. The smallest absolute Gasteiger partial charge is 0.216 e. The lowest BCUT2D eigenvalue weighted by atomic mass is 9.80. The maximum atomic E-state index is 12.7. The van der Waals surface area contributed by atoms with Crippen molar-refractivity contribution in [3.05, 3.63) is 35.0 Å². The molecule has 0 aliphatic rings. The second kappa shape index (κ2) is 3.56. The highest BCUT2D eigenvalue weighted by atomic mass is 19.1. The minimum absolute atomic E-state index is 0.00396. The number of hydrogen-bond acceptors (Lipinski definition) is 1. The summed E-state index contributed by atoms with van der Waals surface area (Å²) in [7, 11) is 0. The number of halogens is 1. The molecule has 78 valence electrons. The Bertz CT molecular complexity index is 331. The van der Waals surface area contributed by atoms with Gasteiger partial charge in [-0.05, 0) is 11.5 Å². The van der Waals surface area contributed by atoms with Crippen molar-refractivity contribution >= 4 is 0 Å². The van der Waals surface area contributed by atoms with Crippen LogP contribution in [-0.2, 0) is 0 Å². The number of pyridine rings is 1. The van der Waals surface area contributed by atoms with Crippen LogP contribution in [0.5, 0.6) is 0 Å². The Morgan fingerprint density at radius 1 is 1.36 bits per heavy atom. The van der Waals surface area contributed by atoms with Gasteiger partial charge < -0.3 is 5.21 Å². The quantitative estimate of drug-likeness (QED) is 0.502. The average molecular weight is 197 g/mol. The van der Waals surface area contributed by atoms with Crippen LogP contribution in [0, 0.1) is 16.4 Å². The maximum Gasteiger partial charge on any atom is 0.216 e. The minimum atomic E-state index is -0.496. The first kappa shape index (κ1) is 11.0. The fourth-order valence-corrected chi connectivity index (χ4v) is 1.25. The van der Waals surface area contributed by atoms with Gasteiger partial charge in [0.25, 0.3) is 0 Å². The van der Waals surface area contributed by atoms with Crippen LogP contribution in [-0.4, -0.2) is 0 Å². The van der Waals surface area contributed by atoms with Crippen LogP contribution >= 0.6 is 0 Å². The summed E-state index contributed by atoms with van der Waals surface area (Å²) < 4.78 is 13.3. The van der Waals surface area contributed by atoms with E-state index in [9.17, 15) is 9.60 Å². The molecule has 0 bridgehead atoms. The predicted octanol–water partition coefficient (Wildman–Crippen LogP) is 2.61. The fraction of sp³-hybridized carbons (Fsp3) is 0.545. The van der Waals surface area contributed by atoms with Gasteiger partial charge in [0, 0.05) is 12.0 Å². The summed E-state index contributed by atoms with van der Waals surface area (Å²) in [6.07, 6.45) is 0.970. The van der Waals surface area contributed by atoms with E-state index in [2.05, 4.69) is 20.8 Å². The van der Waals surface area contributed by atoms with Gasteiger partial charge in [-0.2, -0.15) is 4.73 Å². The van der Waals surface area contributed by atoms with Crippen molar-refractivity contribution in [3.63, 3.8) is 0 Å². The van der Waals surface area contributed by atoms with Crippen LogP contribution in [0.2, 0.25) is 0 Å². The normalized spacial score (nSPS) is 14.1. The van der Waals surface area contributed by atoms with Crippen LogP contribution in [0.4, 0.5) is 4.39 Å². The van der Waals surface area contributed by atoms with Crippen molar-refractivity contribution in [3.8, 4) is 0 Å². The van der Waals surface area contributed by atoms with Crippen molar-refractivity contribution in [1.29, 1.82) is 0 Å².